The van der Waals surface area contributed by atoms with E-state index in [2.05, 4.69) is 194 Å². The van der Waals surface area contributed by atoms with Gasteiger partial charge in [-0.1, -0.05) is 212 Å². The van der Waals surface area contributed by atoms with Gasteiger partial charge in [0, 0.05) is 16.7 Å². The van der Waals surface area contributed by atoms with Crippen LogP contribution in [-0.4, -0.2) is 15.0 Å². The van der Waals surface area contributed by atoms with E-state index in [9.17, 15) is 0 Å². The summed E-state index contributed by atoms with van der Waals surface area (Å²) in [5.74, 6) is 1.88. The maximum Gasteiger partial charge on any atom is 0.164 e. The van der Waals surface area contributed by atoms with Crippen LogP contribution in [0, 0.1) is 0 Å². The molecule has 0 aliphatic carbocycles. The van der Waals surface area contributed by atoms with E-state index < -0.39 is 0 Å². The number of nitrogens with zero attached hydrogens (tertiary/aromatic N) is 3. The van der Waals surface area contributed by atoms with Crippen LogP contribution in [0.2, 0.25) is 0 Å². The second-order valence-electron chi connectivity index (χ2n) is 14.9. The Morgan fingerprint density at radius 3 is 0.683 bits per heavy atom. The number of rotatable bonds is 9. The van der Waals surface area contributed by atoms with Crippen LogP contribution in [0.3, 0.4) is 0 Å². The van der Waals surface area contributed by atoms with Crippen LogP contribution in [0.5, 0.6) is 0 Å². The highest BCUT2D eigenvalue weighted by Crippen LogP contribution is 2.34. The molecule has 0 radical (unpaired) electrons. The quantitative estimate of drug-likeness (QED) is 0.147. The minimum absolute atomic E-state index is 0.625. The average Bonchev–Trinajstić information content (AvgIpc) is 3.35. The Morgan fingerprint density at radius 2 is 0.350 bits per heavy atom. The van der Waals surface area contributed by atoms with E-state index in [-0.39, 0.29) is 0 Å². The fourth-order valence-electron chi connectivity index (χ4n) is 7.75. The molecule has 0 fully saturated rings. The van der Waals surface area contributed by atoms with Crippen LogP contribution in [0.1, 0.15) is 0 Å². The van der Waals surface area contributed by atoms with Crippen LogP contribution >= 0.6 is 0 Å². The summed E-state index contributed by atoms with van der Waals surface area (Å²) in [6, 6.07) is 83.1. The molecule has 9 aromatic carbocycles. The first kappa shape index (κ1) is 36.3. The summed E-state index contributed by atoms with van der Waals surface area (Å²) in [5.41, 5.74) is 16.7. The van der Waals surface area contributed by atoms with Crippen LogP contribution in [0.15, 0.2) is 237 Å². The van der Waals surface area contributed by atoms with Crippen molar-refractivity contribution in [3.63, 3.8) is 0 Å². The molecular weight excluding hydrogens is 727 g/mol. The lowest BCUT2D eigenvalue weighted by Crippen LogP contribution is -2.00. The SMILES string of the molecule is c1ccc(-c2ccc(-c3cccc(-c4cccc(-c5nc(-c6ccccc6)nc(-c6cccc(-c7cccc(-c8ccc(-c9ccccc9)cc8)c7)c6)n5)c4)c3)cc2)cc1. The number of benzene rings is 9. The molecule has 10 rings (SSSR count). The van der Waals surface area contributed by atoms with Gasteiger partial charge in [0.1, 0.15) is 0 Å². The molecule has 0 bridgehead atoms. The molecule has 0 saturated heterocycles. The molecule has 0 unspecified atom stereocenters. The normalized spacial score (nSPS) is 11.0. The Morgan fingerprint density at radius 1 is 0.150 bits per heavy atom. The van der Waals surface area contributed by atoms with Gasteiger partial charge in [0.15, 0.2) is 17.5 Å². The molecule has 1 heterocycles. The van der Waals surface area contributed by atoms with Crippen LogP contribution in [-0.2, 0) is 0 Å². The second-order valence-corrected chi connectivity index (χ2v) is 14.9. The minimum Gasteiger partial charge on any atom is -0.208 e. The van der Waals surface area contributed by atoms with Crippen molar-refractivity contribution in [1.29, 1.82) is 0 Å². The zero-order chi connectivity index (χ0) is 40.1. The lowest BCUT2D eigenvalue weighted by Gasteiger charge is -2.12. The van der Waals surface area contributed by atoms with Gasteiger partial charge in [-0.2, -0.15) is 0 Å². The molecule has 3 nitrogen and oxygen atoms in total. The summed E-state index contributed by atoms with van der Waals surface area (Å²) >= 11 is 0. The fourth-order valence-corrected chi connectivity index (χ4v) is 7.75. The van der Waals surface area contributed by atoms with Crippen molar-refractivity contribution in [2.45, 2.75) is 0 Å². The Labute approximate surface area is 351 Å². The first-order chi connectivity index (χ1) is 29.7. The van der Waals surface area contributed by atoms with Crippen molar-refractivity contribution in [2.24, 2.45) is 0 Å². The van der Waals surface area contributed by atoms with E-state index in [1.807, 2.05) is 42.5 Å². The molecule has 0 N–H and O–H groups in total. The van der Waals surface area contributed by atoms with Crippen LogP contribution < -0.4 is 0 Å². The van der Waals surface area contributed by atoms with Gasteiger partial charge in [0.2, 0.25) is 0 Å². The van der Waals surface area contributed by atoms with Gasteiger partial charge < -0.3 is 0 Å². The lowest BCUT2D eigenvalue weighted by molar-refractivity contribution is 1.07. The largest absolute Gasteiger partial charge is 0.208 e. The molecule has 0 aliphatic rings. The summed E-state index contributed by atoms with van der Waals surface area (Å²) in [6.07, 6.45) is 0. The van der Waals surface area contributed by atoms with E-state index >= 15 is 0 Å². The highest BCUT2D eigenvalue weighted by Gasteiger charge is 2.14. The second kappa shape index (κ2) is 16.5. The van der Waals surface area contributed by atoms with Crippen LogP contribution in [0.25, 0.3) is 101 Å². The summed E-state index contributed by atoms with van der Waals surface area (Å²) in [4.78, 5) is 15.3. The first-order valence-electron chi connectivity index (χ1n) is 20.3. The molecule has 0 saturated carbocycles. The number of hydrogen-bond donors (Lipinski definition) is 0. The van der Waals surface area contributed by atoms with Gasteiger partial charge in [0.05, 0.1) is 0 Å². The van der Waals surface area contributed by atoms with Gasteiger partial charge in [-0.15, -0.1) is 0 Å². The number of aromatic nitrogens is 3. The van der Waals surface area contributed by atoms with Gasteiger partial charge in [-0.05, 0) is 91.0 Å². The molecule has 60 heavy (non-hydrogen) atoms. The fraction of sp³-hybridized carbons (Fsp3) is 0. The molecule has 10 aromatic rings. The van der Waals surface area contributed by atoms with Crippen molar-refractivity contribution < 1.29 is 0 Å². The molecular formula is C57H39N3. The van der Waals surface area contributed by atoms with Crippen molar-refractivity contribution in [2.75, 3.05) is 0 Å². The summed E-state index contributed by atoms with van der Waals surface area (Å²) in [5, 5.41) is 0. The first-order valence-corrected chi connectivity index (χ1v) is 20.3. The van der Waals surface area contributed by atoms with E-state index in [0.29, 0.717) is 17.5 Å². The Balaban J connectivity index is 0.973. The molecule has 0 atom stereocenters. The van der Waals surface area contributed by atoms with Gasteiger partial charge >= 0.3 is 0 Å². The Hall–Kier alpha value is -8.01. The van der Waals surface area contributed by atoms with Crippen molar-refractivity contribution in [3.05, 3.63) is 237 Å². The van der Waals surface area contributed by atoms with E-state index in [4.69, 9.17) is 15.0 Å². The van der Waals surface area contributed by atoms with E-state index in [1.165, 1.54) is 33.4 Å². The standard InChI is InChI=1S/C57H39N3/c1-4-14-40(15-5-1)42-28-32-44(33-29-42)47-20-10-22-49(36-47)51-24-12-26-53(38-51)56-58-55(46-18-8-3-9-19-46)59-57(60-56)54-27-13-25-52(39-54)50-23-11-21-48(37-50)45-34-30-43(31-35-45)41-16-6-2-7-17-41/h1-39H. The highest BCUT2D eigenvalue weighted by atomic mass is 15.0. The molecule has 0 amide bonds. The third-order valence-electron chi connectivity index (χ3n) is 11.0. The van der Waals surface area contributed by atoms with Crippen molar-refractivity contribution in [1.82, 2.24) is 15.0 Å². The summed E-state index contributed by atoms with van der Waals surface area (Å²) in [7, 11) is 0. The predicted molar refractivity (Wildman–Crippen MR) is 249 cm³/mol. The van der Waals surface area contributed by atoms with Gasteiger partial charge in [0.25, 0.3) is 0 Å². The van der Waals surface area contributed by atoms with E-state index in [1.54, 1.807) is 0 Å². The van der Waals surface area contributed by atoms with E-state index in [0.717, 1.165) is 50.1 Å². The third-order valence-corrected chi connectivity index (χ3v) is 11.0. The van der Waals surface area contributed by atoms with Crippen LogP contribution in [0.4, 0.5) is 0 Å². The molecule has 3 heteroatoms. The molecule has 0 spiro atoms. The summed E-state index contributed by atoms with van der Waals surface area (Å²) < 4.78 is 0. The monoisotopic (exact) mass is 765 g/mol. The maximum atomic E-state index is 5.14. The maximum absolute atomic E-state index is 5.14. The Kier molecular flexibility index (Phi) is 9.97. The molecule has 1 aromatic heterocycles. The number of hydrogen-bond acceptors (Lipinski definition) is 3. The predicted octanol–water partition coefficient (Wildman–Crippen LogP) is 14.9. The van der Waals surface area contributed by atoms with Crippen molar-refractivity contribution >= 4 is 0 Å². The smallest absolute Gasteiger partial charge is 0.164 e. The topological polar surface area (TPSA) is 38.7 Å². The van der Waals surface area contributed by atoms with Crippen molar-refractivity contribution in [3.8, 4) is 101 Å². The zero-order valence-electron chi connectivity index (χ0n) is 32.9. The van der Waals surface area contributed by atoms with Gasteiger partial charge in [-0.3, -0.25) is 0 Å². The van der Waals surface area contributed by atoms with Gasteiger partial charge in [-0.25, -0.2) is 15.0 Å². The minimum atomic E-state index is 0.625. The molecule has 0 aliphatic heterocycles. The highest BCUT2D eigenvalue weighted by molar-refractivity contribution is 5.80. The molecule has 282 valence electrons. The zero-order valence-corrected chi connectivity index (χ0v) is 32.9. The average molecular weight is 766 g/mol. The third kappa shape index (κ3) is 7.80. The summed E-state index contributed by atoms with van der Waals surface area (Å²) in [6.45, 7) is 0. The lowest BCUT2D eigenvalue weighted by atomic mass is 9.96. The Bertz CT molecular complexity index is 2860.